The van der Waals surface area contributed by atoms with E-state index in [2.05, 4.69) is 9.97 Å². The van der Waals surface area contributed by atoms with E-state index in [0.29, 0.717) is 39.5 Å². The molecule has 4 rings (SSSR count). The molecule has 0 unspecified atom stereocenters. The molecule has 0 saturated heterocycles. The molecule has 7 nitrogen and oxygen atoms in total. The van der Waals surface area contributed by atoms with Gasteiger partial charge in [-0.1, -0.05) is 0 Å². The number of ether oxygens (including phenoxy) is 2. The number of pyridine rings is 1. The number of rotatable bonds is 5. The number of benzene rings is 2. The van der Waals surface area contributed by atoms with E-state index in [9.17, 15) is 18.4 Å². The van der Waals surface area contributed by atoms with Crippen molar-refractivity contribution in [3.05, 3.63) is 75.8 Å². The number of halogens is 2. The first-order chi connectivity index (χ1) is 15.3. The molecule has 0 amide bonds. The Kier molecular flexibility index (Phi) is 5.40. The van der Waals surface area contributed by atoms with Crippen LogP contribution in [0.5, 0.6) is 11.5 Å². The number of nitrogens with one attached hydrogen (secondary N) is 2. The number of hydrogen-bond acceptors (Lipinski definition) is 5. The Bertz CT molecular complexity index is 1410. The molecule has 2 aromatic carbocycles. The molecule has 0 bridgehead atoms. The van der Waals surface area contributed by atoms with E-state index < -0.39 is 23.2 Å². The average molecular weight is 439 g/mol. The third kappa shape index (κ3) is 3.80. The van der Waals surface area contributed by atoms with Gasteiger partial charge in [0.15, 0.2) is 11.6 Å². The van der Waals surface area contributed by atoms with Gasteiger partial charge < -0.3 is 25.2 Å². The lowest BCUT2D eigenvalue weighted by molar-refractivity contribution is 0.0519. The average Bonchev–Trinajstić information content (AvgIpc) is 3.08. The second-order valence-electron chi connectivity index (χ2n) is 7.08. The summed E-state index contributed by atoms with van der Waals surface area (Å²) < 4.78 is 38.2. The fourth-order valence-corrected chi connectivity index (χ4v) is 3.49. The van der Waals surface area contributed by atoms with Crippen molar-refractivity contribution in [2.24, 2.45) is 0 Å². The lowest BCUT2D eigenvalue weighted by atomic mass is 10.1. The topological polar surface area (TPSA) is 110 Å². The predicted octanol–water partition coefficient (Wildman–Crippen LogP) is 4.66. The molecule has 2 aromatic heterocycles. The van der Waals surface area contributed by atoms with Crippen molar-refractivity contribution < 1.29 is 23.0 Å². The van der Waals surface area contributed by atoms with Crippen molar-refractivity contribution in [2.75, 3.05) is 12.3 Å². The van der Waals surface area contributed by atoms with Crippen LogP contribution in [0, 0.1) is 18.6 Å². The minimum atomic E-state index is -0.874. The largest absolute Gasteiger partial charge is 0.461 e. The van der Waals surface area contributed by atoms with Crippen LogP contribution >= 0.6 is 0 Å². The third-order valence-corrected chi connectivity index (χ3v) is 4.87. The maximum atomic E-state index is 14.2. The van der Waals surface area contributed by atoms with Gasteiger partial charge in [0.05, 0.1) is 17.7 Å². The summed E-state index contributed by atoms with van der Waals surface area (Å²) in [6, 6.07) is 9.16. The molecule has 0 saturated carbocycles. The molecule has 0 aliphatic heterocycles. The summed E-state index contributed by atoms with van der Waals surface area (Å²) in [6.45, 7) is 3.51. The van der Waals surface area contributed by atoms with Gasteiger partial charge in [0, 0.05) is 28.4 Å². The molecule has 0 aliphatic rings. The first-order valence-corrected chi connectivity index (χ1v) is 9.74. The van der Waals surface area contributed by atoms with E-state index in [4.69, 9.17) is 15.2 Å². The van der Waals surface area contributed by atoms with Crippen LogP contribution in [0.4, 0.5) is 14.5 Å². The van der Waals surface area contributed by atoms with Crippen LogP contribution in [-0.4, -0.2) is 22.5 Å². The number of aromatic amines is 2. The van der Waals surface area contributed by atoms with Gasteiger partial charge in [-0.15, -0.1) is 0 Å². The quantitative estimate of drug-likeness (QED) is 0.309. The Labute approximate surface area is 180 Å². The Balaban J connectivity index is 1.91. The van der Waals surface area contributed by atoms with Gasteiger partial charge in [-0.2, -0.15) is 0 Å². The molecule has 9 heteroatoms. The SMILES string of the molecule is CCOC(=O)c1cc2c(-c3cc(N)ccc3Oc3ccc(F)cc3F)[nH]c(C)c2c(=O)[nH]1. The smallest absolute Gasteiger partial charge is 0.354 e. The molecule has 2 heterocycles. The number of H-pyrrole nitrogens is 2. The van der Waals surface area contributed by atoms with E-state index in [1.54, 1.807) is 26.0 Å². The molecule has 0 fully saturated rings. The summed E-state index contributed by atoms with van der Waals surface area (Å²) in [5.74, 6) is -2.25. The minimum Gasteiger partial charge on any atom is -0.461 e. The lowest BCUT2D eigenvalue weighted by Crippen LogP contribution is -2.15. The maximum Gasteiger partial charge on any atom is 0.354 e. The Hall–Kier alpha value is -4.14. The number of nitrogen functional groups attached to an aromatic ring is 1. The zero-order valence-corrected chi connectivity index (χ0v) is 17.2. The molecule has 4 aromatic rings. The summed E-state index contributed by atoms with van der Waals surface area (Å²) in [7, 11) is 0. The zero-order valence-electron chi connectivity index (χ0n) is 17.2. The van der Waals surface area contributed by atoms with Gasteiger partial charge in [-0.05, 0) is 50.2 Å². The number of aryl methyl sites for hydroxylation is 1. The molecule has 164 valence electrons. The number of nitrogens with two attached hydrogens (primary N) is 1. The van der Waals surface area contributed by atoms with Crippen molar-refractivity contribution in [1.29, 1.82) is 0 Å². The number of hydrogen-bond donors (Lipinski definition) is 3. The number of esters is 1. The van der Waals surface area contributed by atoms with E-state index in [1.807, 2.05) is 0 Å². The van der Waals surface area contributed by atoms with E-state index in [1.165, 1.54) is 18.2 Å². The monoisotopic (exact) mass is 439 g/mol. The summed E-state index contributed by atoms with van der Waals surface area (Å²) in [5, 5.41) is 0.777. The Morgan fingerprint density at radius 2 is 1.81 bits per heavy atom. The Morgan fingerprint density at radius 3 is 2.53 bits per heavy atom. The fraction of sp³-hybridized carbons (Fsp3) is 0.130. The van der Waals surface area contributed by atoms with Crippen LogP contribution < -0.4 is 16.0 Å². The highest BCUT2D eigenvalue weighted by Crippen LogP contribution is 2.39. The van der Waals surface area contributed by atoms with Crippen LogP contribution in [-0.2, 0) is 4.74 Å². The maximum absolute atomic E-state index is 14.2. The zero-order chi connectivity index (χ0) is 23.0. The minimum absolute atomic E-state index is 0.0134. The van der Waals surface area contributed by atoms with E-state index >= 15 is 0 Å². The molecule has 0 radical (unpaired) electrons. The molecule has 0 spiro atoms. The molecular formula is C23H19F2N3O4. The van der Waals surface area contributed by atoms with Crippen LogP contribution in [0.3, 0.4) is 0 Å². The van der Waals surface area contributed by atoms with Gasteiger partial charge in [0.2, 0.25) is 0 Å². The van der Waals surface area contributed by atoms with Crippen LogP contribution in [0.2, 0.25) is 0 Å². The van der Waals surface area contributed by atoms with Gasteiger partial charge in [-0.3, -0.25) is 4.79 Å². The highest BCUT2D eigenvalue weighted by Gasteiger charge is 2.20. The van der Waals surface area contributed by atoms with Crippen molar-refractivity contribution in [3.8, 4) is 22.8 Å². The van der Waals surface area contributed by atoms with Gasteiger partial charge in [0.1, 0.15) is 17.3 Å². The van der Waals surface area contributed by atoms with Gasteiger partial charge in [0.25, 0.3) is 5.56 Å². The number of aromatic nitrogens is 2. The third-order valence-electron chi connectivity index (χ3n) is 4.87. The molecular weight excluding hydrogens is 420 g/mol. The summed E-state index contributed by atoms with van der Waals surface area (Å²) in [5.41, 5.74) is 7.29. The van der Waals surface area contributed by atoms with Crippen molar-refractivity contribution in [3.63, 3.8) is 0 Å². The van der Waals surface area contributed by atoms with Crippen molar-refractivity contribution in [1.82, 2.24) is 9.97 Å². The summed E-state index contributed by atoms with van der Waals surface area (Å²) >= 11 is 0. The van der Waals surface area contributed by atoms with E-state index in [-0.39, 0.29) is 23.8 Å². The second-order valence-corrected chi connectivity index (χ2v) is 7.08. The fourth-order valence-electron chi connectivity index (χ4n) is 3.49. The second kappa shape index (κ2) is 8.18. The van der Waals surface area contributed by atoms with Gasteiger partial charge >= 0.3 is 5.97 Å². The molecule has 0 aliphatic carbocycles. The molecule has 0 atom stereocenters. The Morgan fingerprint density at radius 1 is 1.06 bits per heavy atom. The number of anilines is 1. The number of carbonyl (C=O) groups excluding carboxylic acids is 1. The summed E-state index contributed by atoms with van der Waals surface area (Å²) in [4.78, 5) is 30.5. The van der Waals surface area contributed by atoms with Crippen LogP contribution in [0.25, 0.3) is 22.0 Å². The lowest BCUT2D eigenvalue weighted by Gasteiger charge is -2.13. The van der Waals surface area contributed by atoms with E-state index in [0.717, 1.165) is 6.07 Å². The first kappa shape index (κ1) is 21.1. The number of carbonyl (C=O) groups is 1. The van der Waals surface area contributed by atoms with Gasteiger partial charge in [-0.25, -0.2) is 13.6 Å². The van der Waals surface area contributed by atoms with Crippen molar-refractivity contribution >= 4 is 22.4 Å². The first-order valence-electron chi connectivity index (χ1n) is 9.74. The number of fused-ring (bicyclic) bond motifs is 1. The van der Waals surface area contributed by atoms with Crippen molar-refractivity contribution in [2.45, 2.75) is 13.8 Å². The van der Waals surface area contributed by atoms with Crippen LogP contribution in [0.1, 0.15) is 23.1 Å². The molecule has 32 heavy (non-hydrogen) atoms. The highest BCUT2D eigenvalue weighted by atomic mass is 19.1. The highest BCUT2D eigenvalue weighted by molar-refractivity contribution is 6.02. The normalized spacial score (nSPS) is 11.0. The standard InChI is InChI=1S/C23H19F2N3O4/c1-3-31-23(30)17-10-15-20(22(29)28-17)11(2)27-21(15)14-9-13(26)5-7-18(14)32-19-6-4-12(24)8-16(19)25/h4-10,27H,3,26H2,1-2H3,(H,28,29). The predicted molar refractivity (Wildman–Crippen MR) is 116 cm³/mol. The molecule has 4 N–H and O–H groups in total. The van der Waals surface area contributed by atoms with Crippen LogP contribution in [0.15, 0.2) is 47.3 Å². The summed E-state index contributed by atoms with van der Waals surface area (Å²) in [6.07, 6.45) is 0.